The van der Waals surface area contributed by atoms with Gasteiger partial charge in [0.25, 0.3) is 0 Å². The summed E-state index contributed by atoms with van der Waals surface area (Å²) in [4.78, 5) is 26.8. The van der Waals surface area contributed by atoms with Gasteiger partial charge in [-0.2, -0.15) is 0 Å². The molecule has 224 valence electrons. The van der Waals surface area contributed by atoms with E-state index in [4.69, 9.17) is 0 Å². The van der Waals surface area contributed by atoms with Gasteiger partial charge in [0.05, 0.1) is 5.69 Å². The molecular formula is C34H56N4O2. The first-order chi connectivity index (χ1) is 19.4. The van der Waals surface area contributed by atoms with Gasteiger partial charge in [0, 0.05) is 0 Å². The number of carbonyl (C=O) groups is 1. The van der Waals surface area contributed by atoms with Crippen LogP contribution >= 0.6 is 0 Å². The molecule has 40 heavy (non-hydrogen) atoms. The number of aromatic nitrogens is 3. The summed E-state index contributed by atoms with van der Waals surface area (Å²) in [5.41, 5.74) is 4.41. The van der Waals surface area contributed by atoms with Crippen LogP contribution in [0.1, 0.15) is 135 Å². The highest BCUT2D eigenvalue weighted by molar-refractivity contribution is 5.94. The summed E-state index contributed by atoms with van der Waals surface area (Å²) in [5.74, 6) is 1.85. The van der Waals surface area contributed by atoms with Gasteiger partial charge in [0.2, 0.25) is 5.95 Å². The SMILES string of the molecule is CCCC[C@@H](CC)Cc1cc(C[C@H](CC)CCCC)c(N(C(=O)O)c2ncncn2)c(C[C@H](CC)CCCC)c1. The summed E-state index contributed by atoms with van der Waals surface area (Å²) in [7, 11) is 0. The Hall–Kier alpha value is -2.50. The van der Waals surface area contributed by atoms with Crippen LogP contribution in [-0.2, 0) is 19.3 Å². The Morgan fingerprint density at radius 2 is 1.15 bits per heavy atom. The van der Waals surface area contributed by atoms with Gasteiger partial charge in [-0.05, 0) is 53.7 Å². The summed E-state index contributed by atoms with van der Waals surface area (Å²) in [6.45, 7) is 13.6. The molecule has 1 aromatic carbocycles. The topological polar surface area (TPSA) is 79.2 Å². The third-order valence-corrected chi connectivity index (χ3v) is 8.59. The molecule has 0 fully saturated rings. The van der Waals surface area contributed by atoms with Crippen LogP contribution in [-0.4, -0.2) is 26.2 Å². The minimum Gasteiger partial charge on any atom is -0.464 e. The molecule has 1 amide bonds. The Bertz CT molecular complexity index is 942. The fourth-order valence-corrected chi connectivity index (χ4v) is 5.96. The molecule has 2 aromatic rings. The quantitative estimate of drug-likeness (QED) is 0.177. The van der Waals surface area contributed by atoms with E-state index in [-0.39, 0.29) is 5.95 Å². The summed E-state index contributed by atoms with van der Waals surface area (Å²) in [6, 6.07) is 4.65. The molecule has 0 radical (unpaired) electrons. The maximum absolute atomic E-state index is 12.9. The molecule has 0 spiro atoms. The van der Waals surface area contributed by atoms with E-state index >= 15 is 0 Å². The van der Waals surface area contributed by atoms with Gasteiger partial charge in [0.15, 0.2) is 0 Å². The average molecular weight is 553 g/mol. The van der Waals surface area contributed by atoms with Crippen molar-refractivity contribution in [2.45, 2.75) is 138 Å². The Morgan fingerprint density at radius 1 is 0.725 bits per heavy atom. The van der Waals surface area contributed by atoms with Crippen LogP contribution in [0.25, 0.3) is 0 Å². The molecule has 3 atom stereocenters. The van der Waals surface area contributed by atoms with Crippen LogP contribution in [0, 0.1) is 17.8 Å². The third kappa shape index (κ3) is 10.5. The summed E-state index contributed by atoms with van der Waals surface area (Å²) >= 11 is 0. The number of hydrogen-bond donors (Lipinski definition) is 1. The molecule has 0 unspecified atom stereocenters. The minimum atomic E-state index is -1.04. The normalized spacial score (nSPS) is 13.7. The minimum absolute atomic E-state index is 0.176. The molecule has 1 aromatic heterocycles. The molecule has 0 aliphatic rings. The lowest BCUT2D eigenvalue weighted by Crippen LogP contribution is -2.29. The lowest BCUT2D eigenvalue weighted by molar-refractivity contribution is 0.204. The zero-order valence-corrected chi connectivity index (χ0v) is 26.3. The molecule has 2 rings (SSSR count). The number of benzene rings is 1. The molecule has 1 heterocycles. The first-order valence-electron chi connectivity index (χ1n) is 16.2. The van der Waals surface area contributed by atoms with Crippen molar-refractivity contribution in [3.8, 4) is 0 Å². The third-order valence-electron chi connectivity index (χ3n) is 8.59. The van der Waals surface area contributed by atoms with Crippen molar-refractivity contribution >= 4 is 17.7 Å². The number of rotatable bonds is 20. The van der Waals surface area contributed by atoms with Crippen molar-refractivity contribution in [3.63, 3.8) is 0 Å². The number of nitrogens with zero attached hydrogens (tertiary/aromatic N) is 4. The first-order valence-corrected chi connectivity index (χ1v) is 16.2. The summed E-state index contributed by atoms with van der Waals surface area (Å²) in [6.07, 6.45) is 18.6. The Balaban J connectivity index is 2.75. The summed E-state index contributed by atoms with van der Waals surface area (Å²) < 4.78 is 0. The van der Waals surface area contributed by atoms with Crippen LogP contribution in [0.4, 0.5) is 16.4 Å². The molecule has 0 aliphatic heterocycles. The largest absolute Gasteiger partial charge is 0.464 e. The van der Waals surface area contributed by atoms with Gasteiger partial charge in [0.1, 0.15) is 12.7 Å². The van der Waals surface area contributed by atoms with Crippen LogP contribution in [0.5, 0.6) is 0 Å². The first kappa shape index (κ1) is 33.7. The van der Waals surface area contributed by atoms with Crippen molar-refractivity contribution in [2.24, 2.45) is 17.8 Å². The van der Waals surface area contributed by atoms with Crippen molar-refractivity contribution in [1.82, 2.24) is 15.0 Å². The number of carboxylic acid groups (broad SMARTS) is 1. The molecule has 0 saturated heterocycles. The van der Waals surface area contributed by atoms with Gasteiger partial charge >= 0.3 is 6.09 Å². The maximum atomic E-state index is 12.9. The predicted molar refractivity (Wildman–Crippen MR) is 167 cm³/mol. The molecular weight excluding hydrogens is 496 g/mol. The second-order valence-electron chi connectivity index (χ2n) is 11.7. The Kier molecular flexibility index (Phi) is 15.8. The molecule has 0 bridgehead atoms. The number of unbranched alkanes of at least 4 members (excludes halogenated alkanes) is 3. The average Bonchev–Trinajstić information content (AvgIpc) is 2.97. The highest BCUT2D eigenvalue weighted by atomic mass is 16.4. The van der Waals surface area contributed by atoms with E-state index in [1.54, 1.807) is 0 Å². The predicted octanol–water partition coefficient (Wildman–Crippen LogP) is 9.96. The van der Waals surface area contributed by atoms with Crippen LogP contribution in [0.3, 0.4) is 0 Å². The van der Waals surface area contributed by atoms with Gasteiger partial charge in [-0.3, -0.25) is 0 Å². The molecule has 0 aliphatic carbocycles. The van der Waals surface area contributed by atoms with E-state index in [2.05, 4.69) is 68.6 Å². The molecule has 6 heteroatoms. The maximum Gasteiger partial charge on any atom is 0.418 e. The van der Waals surface area contributed by atoms with E-state index < -0.39 is 6.09 Å². The van der Waals surface area contributed by atoms with Gasteiger partial charge in [-0.25, -0.2) is 24.6 Å². The van der Waals surface area contributed by atoms with Crippen LogP contribution < -0.4 is 4.90 Å². The van der Waals surface area contributed by atoms with Crippen molar-refractivity contribution in [1.29, 1.82) is 0 Å². The highest BCUT2D eigenvalue weighted by Gasteiger charge is 2.28. The highest BCUT2D eigenvalue weighted by Crippen LogP contribution is 2.38. The standard InChI is InChI=1S/C34H56N4O2/c1-7-13-16-26(10-4)19-29-22-30(20-27(11-5)17-14-8-2)32(31(23-29)21-28(12-6)18-15-9-3)38(34(39)40)33-36-24-35-25-37-33/h22-28H,7-21H2,1-6H3,(H,39,40)/t26-,27-,28-/m1/s1. The van der Waals surface area contributed by atoms with E-state index in [9.17, 15) is 9.90 Å². The lowest BCUT2D eigenvalue weighted by atomic mass is 9.83. The van der Waals surface area contributed by atoms with E-state index in [0.717, 1.165) is 61.8 Å². The fourth-order valence-electron chi connectivity index (χ4n) is 5.96. The van der Waals surface area contributed by atoms with Gasteiger partial charge in [-0.1, -0.05) is 131 Å². The monoisotopic (exact) mass is 552 g/mol. The molecule has 6 nitrogen and oxygen atoms in total. The Labute approximate surface area is 244 Å². The molecule has 1 N–H and O–H groups in total. The van der Waals surface area contributed by atoms with Gasteiger partial charge in [-0.15, -0.1) is 0 Å². The van der Waals surface area contributed by atoms with E-state index in [1.807, 2.05) is 0 Å². The molecule has 0 saturated carbocycles. The van der Waals surface area contributed by atoms with Crippen molar-refractivity contribution in [2.75, 3.05) is 4.90 Å². The summed E-state index contributed by atoms with van der Waals surface area (Å²) in [5, 5.41) is 10.6. The smallest absolute Gasteiger partial charge is 0.418 e. The zero-order valence-electron chi connectivity index (χ0n) is 26.3. The Morgan fingerprint density at radius 3 is 1.52 bits per heavy atom. The van der Waals surface area contributed by atoms with Gasteiger partial charge < -0.3 is 5.11 Å². The van der Waals surface area contributed by atoms with Crippen LogP contribution in [0.15, 0.2) is 24.8 Å². The van der Waals surface area contributed by atoms with E-state index in [0.29, 0.717) is 17.8 Å². The fraction of sp³-hybridized carbons (Fsp3) is 0.706. The number of anilines is 2. The second kappa shape index (κ2) is 18.8. The zero-order chi connectivity index (χ0) is 29.3. The lowest BCUT2D eigenvalue weighted by Gasteiger charge is -2.28. The second-order valence-corrected chi connectivity index (χ2v) is 11.7. The van der Waals surface area contributed by atoms with Crippen molar-refractivity contribution in [3.05, 3.63) is 41.5 Å². The number of hydrogen-bond acceptors (Lipinski definition) is 4. The number of amides is 1. The van der Waals surface area contributed by atoms with Crippen molar-refractivity contribution < 1.29 is 9.90 Å². The van der Waals surface area contributed by atoms with Crippen LogP contribution in [0.2, 0.25) is 0 Å². The van der Waals surface area contributed by atoms with E-state index in [1.165, 1.54) is 74.5 Å².